The lowest BCUT2D eigenvalue weighted by molar-refractivity contribution is 0.669. The van der Waals surface area contributed by atoms with Crippen LogP contribution in [0.3, 0.4) is 0 Å². The number of nitrogens with zero attached hydrogens (tertiary/aromatic N) is 3. The molecule has 11 rings (SSSR count). The van der Waals surface area contributed by atoms with E-state index in [1.807, 2.05) is 36.4 Å². The van der Waals surface area contributed by atoms with Crippen molar-refractivity contribution >= 4 is 65.0 Å². The van der Waals surface area contributed by atoms with E-state index in [-0.39, 0.29) is 0 Å². The van der Waals surface area contributed by atoms with Crippen molar-refractivity contribution in [3.05, 3.63) is 176 Å². The van der Waals surface area contributed by atoms with Gasteiger partial charge in [0.15, 0.2) is 17.5 Å². The van der Waals surface area contributed by atoms with Crippen LogP contribution in [-0.4, -0.2) is 15.0 Å². The topological polar surface area (TPSA) is 51.8 Å². The molecule has 0 amide bonds. The minimum Gasteiger partial charge on any atom is -0.456 e. The maximum absolute atomic E-state index is 6.27. The Labute approximate surface area is 304 Å². The molecule has 0 aliphatic heterocycles. The fraction of sp³-hybridized carbons (Fsp3) is 0. The van der Waals surface area contributed by atoms with Crippen molar-refractivity contribution < 1.29 is 4.42 Å². The van der Waals surface area contributed by atoms with Gasteiger partial charge in [-0.25, -0.2) is 15.0 Å². The number of hydrogen-bond donors (Lipinski definition) is 0. The van der Waals surface area contributed by atoms with Crippen molar-refractivity contribution in [2.24, 2.45) is 0 Å². The Morgan fingerprint density at radius 3 is 1.72 bits per heavy atom. The molecule has 0 aliphatic carbocycles. The first-order chi connectivity index (χ1) is 26.3. The third-order valence-corrected chi connectivity index (χ3v) is 10.5. The van der Waals surface area contributed by atoms with Crippen molar-refractivity contribution in [1.29, 1.82) is 0 Å². The lowest BCUT2D eigenvalue weighted by atomic mass is 9.92. The average molecular weight is 676 g/mol. The number of rotatable bonds is 4. The van der Waals surface area contributed by atoms with Crippen LogP contribution < -0.4 is 0 Å². The second kappa shape index (κ2) is 11.7. The normalized spacial score (nSPS) is 11.8. The molecule has 0 unspecified atom stereocenters. The van der Waals surface area contributed by atoms with Crippen LogP contribution in [0.5, 0.6) is 0 Å². The Hall–Kier alpha value is -7.17. The first-order valence-electron chi connectivity index (χ1n) is 17.9. The molecular weight excluding hydrogens is 647 g/mol. The highest BCUT2D eigenvalue weighted by atomic mass is 16.3. The Morgan fingerprint density at radius 1 is 0.302 bits per heavy atom. The lowest BCUT2D eigenvalue weighted by Gasteiger charge is -2.14. The average Bonchev–Trinajstić information content (AvgIpc) is 3.62. The summed E-state index contributed by atoms with van der Waals surface area (Å²) in [4.78, 5) is 15.5. The highest BCUT2D eigenvalue weighted by Crippen LogP contribution is 2.42. The molecule has 0 N–H and O–H groups in total. The van der Waals surface area contributed by atoms with Gasteiger partial charge in [0.1, 0.15) is 11.2 Å². The summed E-state index contributed by atoms with van der Waals surface area (Å²) >= 11 is 0. The molecule has 4 heteroatoms. The van der Waals surface area contributed by atoms with Gasteiger partial charge < -0.3 is 4.42 Å². The zero-order valence-corrected chi connectivity index (χ0v) is 28.5. The molecule has 0 radical (unpaired) electrons. The fourth-order valence-electron chi connectivity index (χ4n) is 8.03. The van der Waals surface area contributed by atoms with Gasteiger partial charge in [0.2, 0.25) is 0 Å². The summed E-state index contributed by atoms with van der Waals surface area (Å²) < 4.78 is 6.27. The maximum atomic E-state index is 6.27. The van der Waals surface area contributed by atoms with Crippen LogP contribution in [-0.2, 0) is 0 Å². The van der Waals surface area contributed by atoms with Crippen LogP contribution in [0.25, 0.3) is 110 Å². The summed E-state index contributed by atoms with van der Waals surface area (Å²) in [5, 5.41) is 11.7. The fourth-order valence-corrected chi connectivity index (χ4v) is 8.03. The van der Waals surface area contributed by atoms with E-state index in [1.54, 1.807) is 0 Å². The number of benzene rings is 9. The Balaban J connectivity index is 1.14. The Kier molecular flexibility index (Phi) is 6.52. The van der Waals surface area contributed by atoms with Crippen LogP contribution in [0.1, 0.15) is 0 Å². The Bertz CT molecular complexity index is 3230. The van der Waals surface area contributed by atoms with E-state index < -0.39 is 0 Å². The largest absolute Gasteiger partial charge is 0.456 e. The van der Waals surface area contributed by atoms with Crippen molar-refractivity contribution in [2.75, 3.05) is 0 Å². The molecule has 0 spiro atoms. The second-order valence-electron chi connectivity index (χ2n) is 13.5. The molecule has 246 valence electrons. The van der Waals surface area contributed by atoms with Crippen LogP contribution >= 0.6 is 0 Å². The summed E-state index contributed by atoms with van der Waals surface area (Å²) in [6.07, 6.45) is 0. The van der Waals surface area contributed by atoms with Gasteiger partial charge in [-0.2, -0.15) is 0 Å². The van der Waals surface area contributed by atoms with E-state index in [0.29, 0.717) is 17.5 Å². The van der Waals surface area contributed by atoms with Crippen molar-refractivity contribution in [2.45, 2.75) is 0 Å². The number of aromatic nitrogens is 3. The number of hydrogen-bond acceptors (Lipinski definition) is 4. The van der Waals surface area contributed by atoms with Gasteiger partial charge in [0.25, 0.3) is 0 Å². The highest BCUT2D eigenvalue weighted by molar-refractivity contribution is 6.21. The predicted octanol–water partition coefficient (Wildman–Crippen LogP) is 13.1. The molecule has 11 aromatic rings. The van der Waals surface area contributed by atoms with Crippen LogP contribution in [0, 0.1) is 0 Å². The Morgan fingerprint density at radius 2 is 0.887 bits per heavy atom. The molecule has 2 aromatic heterocycles. The lowest BCUT2D eigenvalue weighted by Crippen LogP contribution is -2.01. The van der Waals surface area contributed by atoms with E-state index in [1.165, 1.54) is 32.3 Å². The SMILES string of the molecule is c1ccc(-c2nc(-c3ccc4ccc5ccc6ccccc6c5c4c3)nc(-c3ccc(-c4cccc5oc6ccccc6c45)c4ccccc34)n2)cc1. The minimum atomic E-state index is 0.632. The van der Waals surface area contributed by atoms with Crippen LogP contribution in [0.15, 0.2) is 180 Å². The zero-order chi connectivity index (χ0) is 34.9. The van der Waals surface area contributed by atoms with Crippen molar-refractivity contribution in [3.8, 4) is 45.3 Å². The van der Waals surface area contributed by atoms with Gasteiger partial charge in [-0.05, 0) is 78.5 Å². The summed E-state index contributed by atoms with van der Waals surface area (Å²) in [5.74, 6) is 1.90. The monoisotopic (exact) mass is 675 g/mol. The molecule has 9 aromatic carbocycles. The smallest absolute Gasteiger partial charge is 0.164 e. The molecule has 0 saturated heterocycles. The molecule has 0 fully saturated rings. The van der Waals surface area contributed by atoms with Crippen molar-refractivity contribution in [1.82, 2.24) is 15.0 Å². The van der Waals surface area contributed by atoms with Gasteiger partial charge in [-0.3, -0.25) is 0 Å². The molecule has 0 saturated carbocycles. The number of furan rings is 1. The summed E-state index contributed by atoms with van der Waals surface area (Å²) in [7, 11) is 0. The molecule has 0 aliphatic rings. The van der Waals surface area contributed by atoms with Gasteiger partial charge >= 0.3 is 0 Å². The molecule has 4 nitrogen and oxygen atoms in total. The first kappa shape index (κ1) is 29.5. The van der Waals surface area contributed by atoms with E-state index >= 15 is 0 Å². The molecule has 53 heavy (non-hydrogen) atoms. The molecular formula is C49H29N3O. The molecule has 2 heterocycles. The third-order valence-electron chi connectivity index (χ3n) is 10.5. The van der Waals surface area contributed by atoms with Crippen LogP contribution in [0.2, 0.25) is 0 Å². The van der Waals surface area contributed by atoms with Gasteiger partial charge in [-0.15, -0.1) is 0 Å². The highest BCUT2D eigenvalue weighted by Gasteiger charge is 2.19. The first-order valence-corrected chi connectivity index (χ1v) is 17.9. The van der Waals surface area contributed by atoms with Gasteiger partial charge in [-0.1, -0.05) is 152 Å². The second-order valence-corrected chi connectivity index (χ2v) is 13.5. The minimum absolute atomic E-state index is 0.632. The standard InChI is InChI=1S/C49H29N3O/c1-2-12-33(13-3-1)47-50-48(34-26-23-31-22-25-32-24-21-30-11-4-5-14-35(30)45(32)42(31)29-34)52-49(51-47)40-28-27-38(36-15-6-7-16-37(36)40)39-18-10-20-44-46(39)41-17-8-9-19-43(41)53-44/h1-29H. The number of para-hydroxylation sites is 1. The molecule has 0 bridgehead atoms. The summed E-state index contributed by atoms with van der Waals surface area (Å²) in [6, 6.07) is 61.6. The zero-order valence-electron chi connectivity index (χ0n) is 28.5. The third kappa shape index (κ3) is 4.73. The van der Waals surface area contributed by atoms with Gasteiger partial charge in [0.05, 0.1) is 0 Å². The summed E-state index contributed by atoms with van der Waals surface area (Å²) in [5.41, 5.74) is 6.86. The molecule has 0 atom stereocenters. The van der Waals surface area contributed by atoms with E-state index in [0.717, 1.165) is 60.5 Å². The van der Waals surface area contributed by atoms with Gasteiger partial charge in [0, 0.05) is 27.5 Å². The maximum Gasteiger partial charge on any atom is 0.164 e. The van der Waals surface area contributed by atoms with Crippen molar-refractivity contribution in [3.63, 3.8) is 0 Å². The quantitative estimate of drug-likeness (QED) is 0.174. The van der Waals surface area contributed by atoms with E-state index in [9.17, 15) is 0 Å². The predicted molar refractivity (Wildman–Crippen MR) is 219 cm³/mol. The number of fused-ring (bicyclic) bond motifs is 9. The van der Waals surface area contributed by atoms with E-state index in [2.05, 4.69) is 140 Å². The van der Waals surface area contributed by atoms with E-state index in [4.69, 9.17) is 19.4 Å². The van der Waals surface area contributed by atoms with Crippen LogP contribution in [0.4, 0.5) is 0 Å². The summed E-state index contributed by atoms with van der Waals surface area (Å²) in [6.45, 7) is 0.